The van der Waals surface area contributed by atoms with Crippen molar-refractivity contribution in [3.63, 3.8) is 0 Å². The third kappa shape index (κ3) is 2.62. The van der Waals surface area contributed by atoms with E-state index >= 15 is 0 Å². The van der Waals surface area contributed by atoms with Gasteiger partial charge in [0.2, 0.25) is 0 Å². The van der Waals surface area contributed by atoms with Gasteiger partial charge >= 0.3 is 0 Å². The maximum Gasteiger partial charge on any atom is 0.267 e. The number of nitrogens with zero attached hydrogens (tertiary/aromatic N) is 1. The smallest absolute Gasteiger partial charge is 0.267 e. The van der Waals surface area contributed by atoms with Gasteiger partial charge in [-0.05, 0) is 18.1 Å². The van der Waals surface area contributed by atoms with E-state index in [1.165, 1.54) is 17.5 Å². The molecule has 5 heteroatoms. The summed E-state index contributed by atoms with van der Waals surface area (Å²) in [5.74, 6) is -0.167. The zero-order valence-electron chi connectivity index (χ0n) is 9.43. The number of nitrogen functional groups attached to an aromatic ring is 1. The number of nitrogens with one attached hydrogen (secondary N) is 1. The van der Waals surface area contributed by atoms with Crippen LogP contribution in [-0.2, 0) is 6.42 Å². The zero-order chi connectivity index (χ0) is 12.3. The average Bonchev–Trinajstić information content (AvgIpc) is 2.77. The molecule has 4 nitrogen and oxygen atoms in total. The molecule has 0 atom stereocenters. The summed E-state index contributed by atoms with van der Waals surface area (Å²) in [6.07, 6.45) is 2.37. The minimum atomic E-state index is -0.167. The maximum absolute atomic E-state index is 11.9. The summed E-state index contributed by atoms with van der Waals surface area (Å²) in [6, 6.07) is 7.74. The molecule has 0 aliphatic rings. The predicted octanol–water partition coefficient (Wildman–Crippen LogP) is 2.54. The number of anilines is 2. The van der Waals surface area contributed by atoms with E-state index in [2.05, 4.69) is 17.2 Å². The molecule has 2 rings (SSSR count). The van der Waals surface area contributed by atoms with Crippen molar-refractivity contribution in [3.05, 3.63) is 40.9 Å². The van der Waals surface area contributed by atoms with Crippen molar-refractivity contribution in [2.24, 2.45) is 0 Å². The monoisotopic (exact) mass is 247 g/mol. The Balaban J connectivity index is 2.18. The summed E-state index contributed by atoms with van der Waals surface area (Å²) in [7, 11) is 0. The topological polar surface area (TPSA) is 68.0 Å². The second kappa shape index (κ2) is 4.97. The molecule has 0 bridgehead atoms. The van der Waals surface area contributed by atoms with Crippen LogP contribution in [0.15, 0.2) is 30.5 Å². The lowest BCUT2D eigenvalue weighted by Crippen LogP contribution is -2.11. The number of rotatable bonds is 3. The number of nitrogens with two attached hydrogens (primary N) is 1. The fourth-order valence-corrected chi connectivity index (χ4v) is 2.11. The molecule has 3 N–H and O–H groups in total. The second-order valence-corrected chi connectivity index (χ2v) is 4.59. The van der Waals surface area contributed by atoms with Gasteiger partial charge in [0, 0.05) is 5.69 Å². The Bertz CT molecular complexity index is 536. The molecule has 0 aliphatic carbocycles. The third-order valence-corrected chi connectivity index (χ3v) is 3.22. The van der Waals surface area contributed by atoms with Crippen LogP contribution in [0.5, 0.6) is 0 Å². The molecular formula is C12H13N3OS. The first-order valence-corrected chi connectivity index (χ1v) is 6.13. The molecule has 17 heavy (non-hydrogen) atoms. The zero-order valence-corrected chi connectivity index (χ0v) is 10.3. The molecule has 0 saturated heterocycles. The van der Waals surface area contributed by atoms with Crippen LogP contribution >= 0.6 is 11.3 Å². The van der Waals surface area contributed by atoms with Gasteiger partial charge in [-0.1, -0.05) is 36.5 Å². The van der Waals surface area contributed by atoms with Gasteiger partial charge in [0.05, 0.1) is 6.20 Å². The Kier molecular flexibility index (Phi) is 3.39. The fourth-order valence-electron chi connectivity index (χ4n) is 1.53. The number of thiazole rings is 1. The highest BCUT2D eigenvalue weighted by Crippen LogP contribution is 2.19. The van der Waals surface area contributed by atoms with Gasteiger partial charge < -0.3 is 11.1 Å². The van der Waals surface area contributed by atoms with Crippen LogP contribution in [0.4, 0.5) is 10.8 Å². The molecule has 2 aromatic rings. The molecule has 0 spiro atoms. The summed E-state index contributed by atoms with van der Waals surface area (Å²) in [5.41, 5.74) is 7.44. The Morgan fingerprint density at radius 1 is 1.47 bits per heavy atom. The molecular weight excluding hydrogens is 234 g/mol. The lowest BCUT2D eigenvalue weighted by Gasteiger charge is -2.08. The number of amides is 1. The van der Waals surface area contributed by atoms with E-state index in [9.17, 15) is 4.79 Å². The van der Waals surface area contributed by atoms with Crippen LogP contribution in [0.1, 0.15) is 22.2 Å². The highest BCUT2D eigenvalue weighted by molar-refractivity contribution is 7.17. The lowest BCUT2D eigenvalue weighted by atomic mass is 10.1. The molecule has 1 amide bonds. The molecule has 1 heterocycles. The van der Waals surface area contributed by atoms with Crippen LogP contribution in [-0.4, -0.2) is 10.9 Å². The number of aryl methyl sites for hydroxylation is 1. The average molecular weight is 247 g/mol. The Morgan fingerprint density at radius 2 is 2.24 bits per heavy atom. The van der Waals surface area contributed by atoms with Crippen molar-refractivity contribution in [1.29, 1.82) is 0 Å². The van der Waals surface area contributed by atoms with E-state index in [0.717, 1.165) is 17.7 Å². The lowest BCUT2D eigenvalue weighted by molar-refractivity contribution is 0.103. The first kappa shape index (κ1) is 11.6. The largest absolute Gasteiger partial charge is 0.375 e. The molecule has 0 fully saturated rings. The van der Waals surface area contributed by atoms with Crippen molar-refractivity contribution < 1.29 is 4.79 Å². The predicted molar refractivity (Wildman–Crippen MR) is 70.3 cm³/mol. The number of hydrogen-bond acceptors (Lipinski definition) is 4. The Labute approximate surface area is 103 Å². The highest BCUT2D eigenvalue weighted by atomic mass is 32.1. The number of hydrogen-bond donors (Lipinski definition) is 2. The van der Waals surface area contributed by atoms with Gasteiger partial charge in [-0.15, -0.1) is 0 Å². The minimum absolute atomic E-state index is 0.167. The maximum atomic E-state index is 11.9. The van der Waals surface area contributed by atoms with E-state index in [1.54, 1.807) is 0 Å². The standard InChI is InChI=1S/C12H13N3OS/c1-2-8-5-3-4-6-9(8)15-11(16)10-7-14-12(13)17-10/h3-7H,2H2,1H3,(H2,13,14)(H,15,16). The van der Waals surface area contributed by atoms with Crippen LogP contribution < -0.4 is 11.1 Å². The molecule has 0 radical (unpaired) electrons. The number of benzene rings is 1. The molecule has 0 aliphatic heterocycles. The molecule has 0 saturated carbocycles. The molecule has 1 aromatic heterocycles. The van der Waals surface area contributed by atoms with Crippen LogP contribution in [0.2, 0.25) is 0 Å². The van der Waals surface area contributed by atoms with Crippen molar-refractivity contribution in [2.75, 3.05) is 11.1 Å². The second-order valence-electron chi connectivity index (χ2n) is 3.53. The van der Waals surface area contributed by atoms with Gasteiger partial charge in [-0.25, -0.2) is 4.98 Å². The number of carbonyl (C=O) groups excluding carboxylic acids is 1. The van der Waals surface area contributed by atoms with E-state index in [0.29, 0.717) is 10.0 Å². The summed E-state index contributed by atoms with van der Waals surface area (Å²) in [5, 5.41) is 3.27. The van der Waals surface area contributed by atoms with E-state index < -0.39 is 0 Å². The number of para-hydroxylation sites is 1. The van der Waals surface area contributed by atoms with E-state index in [1.807, 2.05) is 24.3 Å². The normalized spacial score (nSPS) is 10.2. The van der Waals surface area contributed by atoms with E-state index in [-0.39, 0.29) is 5.91 Å². The first-order valence-electron chi connectivity index (χ1n) is 5.31. The highest BCUT2D eigenvalue weighted by Gasteiger charge is 2.10. The minimum Gasteiger partial charge on any atom is -0.375 e. The molecule has 1 aromatic carbocycles. The van der Waals surface area contributed by atoms with Crippen LogP contribution in [0.3, 0.4) is 0 Å². The molecule has 88 valence electrons. The van der Waals surface area contributed by atoms with Gasteiger partial charge in [-0.3, -0.25) is 4.79 Å². The summed E-state index contributed by atoms with van der Waals surface area (Å²) in [6.45, 7) is 2.05. The Morgan fingerprint density at radius 3 is 2.88 bits per heavy atom. The summed E-state index contributed by atoms with van der Waals surface area (Å²) >= 11 is 1.18. The summed E-state index contributed by atoms with van der Waals surface area (Å²) in [4.78, 5) is 16.3. The number of carbonyl (C=O) groups is 1. The quantitative estimate of drug-likeness (QED) is 0.875. The van der Waals surface area contributed by atoms with Crippen molar-refractivity contribution in [3.8, 4) is 0 Å². The van der Waals surface area contributed by atoms with Gasteiger partial charge in [0.1, 0.15) is 4.88 Å². The van der Waals surface area contributed by atoms with Gasteiger partial charge in [0.15, 0.2) is 5.13 Å². The Hall–Kier alpha value is -1.88. The fraction of sp³-hybridized carbons (Fsp3) is 0.167. The van der Waals surface area contributed by atoms with Crippen molar-refractivity contribution in [2.45, 2.75) is 13.3 Å². The van der Waals surface area contributed by atoms with Crippen LogP contribution in [0, 0.1) is 0 Å². The van der Waals surface area contributed by atoms with Gasteiger partial charge in [-0.2, -0.15) is 0 Å². The van der Waals surface area contributed by atoms with Crippen molar-refractivity contribution >= 4 is 28.1 Å². The van der Waals surface area contributed by atoms with E-state index in [4.69, 9.17) is 5.73 Å². The van der Waals surface area contributed by atoms with Crippen LogP contribution in [0.25, 0.3) is 0 Å². The summed E-state index contributed by atoms with van der Waals surface area (Å²) < 4.78 is 0. The van der Waals surface area contributed by atoms with Crippen molar-refractivity contribution in [1.82, 2.24) is 4.98 Å². The number of aromatic nitrogens is 1. The SMILES string of the molecule is CCc1ccccc1NC(=O)c1cnc(N)s1. The first-order chi connectivity index (χ1) is 8.20. The molecule has 0 unspecified atom stereocenters. The van der Waals surface area contributed by atoms with Gasteiger partial charge in [0.25, 0.3) is 5.91 Å². The third-order valence-electron chi connectivity index (χ3n) is 2.39.